The first kappa shape index (κ1) is 12.4. The number of halogens is 2. The molecule has 4 nitrogen and oxygen atoms in total. The van der Waals surface area contributed by atoms with Crippen molar-refractivity contribution in [3.63, 3.8) is 0 Å². The van der Waals surface area contributed by atoms with Crippen molar-refractivity contribution in [3.8, 4) is 0 Å². The molecule has 0 aromatic heterocycles. The van der Waals surface area contributed by atoms with Crippen LogP contribution in [0.3, 0.4) is 0 Å². The van der Waals surface area contributed by atoms with E-state index in [-0.39, 0.29) is 11.6 Å². The van der Waals surface area contributed by atoms with Crippen molar-refractivity contribution in [2.24, 2.45) is 0 Å². The highest BCUT2D eigenvalue weighted by Gasteiger charge is 2.12. The SMILES string of the molecule is Cc1cc(Cl)c(CNC(=O)C(=O)O)cc1F. The van der Waals surface area contributed by atoms with Gasteiger partial charge in [0.25, 0.3) is 0 Å². The van der Waals surface area contributed by atoms with Crippen molar-refractivity contribution in [1.29, 1.82) is 0 Å². The van der Waals surface area contributed by atoms with Gasteiger partial charge in [0.2, 0.25) is 0 Å². The Hall–Kier alpha value is -1.62. The molecule has 6 heteroatoms. The van der Waals surface area contributed by atoms with Crippen LogP contribution in [0, 0.1) is 12.7 Å². The highest BCUT2D eigenvalue weighted by atomic mass is 35.5. The number of aryl methyl sites for hydroxylation is 1. The van der Waals surface area contributed by atoms with Crippen molar-refractivity contribution in [2.75, 3.05) is 0 Å². The molecule has 1 aromatic rings. The zero-order chi connectivity index (χ0) is 12.3. The molecule has 0 atom stereocenters. The van der Waals surface area contributed by atoms with Gasteiger partial charge in [0, 0.05) is 11.6 Å². The molecule has 0 aliphatic rings. The second-order valence-corrected chi connectivity index (χ2v) is 3.59. The molecule has 0 aliphatic heterocycles. The summed E-state index contributed by atoms with van der Waals surface area (Å²) in [6, 6.07) is 2.58. The third-order valence-corrected chi connectivity index (χ3v) is 2.31. The lowest BCUT2D eigenvalue weighted by molar-refractivity contribution is -0.150. The van der Waals surface area contributed by atoms with Gasteiger partial charge in [-0.15, -0.1) is 0 Å². The Balaban J connectivity index is 2.78. The Morgan fingerprint density at radius 3 is 2.69 bits per heavy atom. The smallest absolute Gasteiger partial charge is 0.394 e. The molecule has 1 aromatic carbocycles. The zero-order valence-electron chi connectivity index (χ0n) is 8.38. The number of carboxylic acid groups (broad SMARTS) is 1. The Morgan fingerprint density at radius 2 is 2.12 bits per heavy atom. The third kappa shape index (κ3) is 2.93. The van der Waals surface area contributed by atoms with Gasteiger partial charge in [-0.1, -0.05) is 11.6 Å². The van der Waals surface area contributed by atoms with Crippen LogP contribution in [0.4, 0.5) is 4.39 Å². The molecule has 0 spiro atoms. The van der Waals surface area contributed by atoms with Crippen molar-refractivity contribution in [3.05, 3.63) is 34.1 Å². The number of carbonyl (C=O) groups excluding carboxylic acids is 1. The fraction of sp³-hybridized carbons (Fsp3) is 0.200. The van der Waals surface area contributed by atoms with E-state index in [9.17, 15) is 14.0 Å². The van der Waals surface area contributed by atoms with Gasteiger partial charge in [0.1, 0.15) is 5.82 Å². The lowest BCUT2D eigenvalue weighted by atomic mass is 10.1. The summed E-state index contributed by atoms with van der Waals surface area (Å²) < 4.78 is 13.2. The molecule has 0 heterocycles. The molecule has 86 valence electrons. The second-order valence-electron chi connectivity index (χ2n) is 3.18. The topological polar surface area (TPSA) is 66.4 Å². The number of hydrogen-bond acceptors (Lipinski definition) is 2. The first-order valence-corrected chi connectivity index (χ1v) is 4.75. The molecule has 0 saturated heterocycles. The molecule has 0 radical (unpaired) electrons. The van der Waals surface area contributed by atoms with Crippen LogP contribution in [0.2, 0.25) is 5.02 Å². The molecule has 0 fully saturated rings. The molecule has 16 heavy (non-hydrogen) atoms. The van der Waals surface area contributed by atoms with Crippen LogP contribution in [-0.4, -0.2) is 17.0 Å². The number of rotatable bonds is 2. The number of carbonyl (C=O) groups is 2. The lowest BCUT2D eigenvalue weighted by Crippen LogP contribution is -2.30. The number of nitrogens with one attached hydrogen (secondary N) is 1. The number of carboxylic acids is 1. The van der Waals surface area contributed by atoms with Crippen LogP contribution >= 0.6 is 11.6 Å². The van der Waals surface area contributed by atoms with Gasteiger partial charge >= 0.3 is 11.9 Å². The summed E-state index contributed by atoms with van der Waals surface area (Å²) in [6.45, 7) is 1.43. The summed E-state index contributed by atoms with van der Waals surface area (Å²) in [7, 11) is 0. The Bertz CT molecular complexity index is 448. The average molecular weight is 246 g/mol. The van der Waals surface area contributed by atoms with E-state index in [0.717, 1.165) is 0 Å². The summed E-state index contributed by atoms with van der Waals surface area (Å²) in [6.07, 6.45) is 0. The average Bonchev–Trinajstić information content (AvgIpc) is 2.20. The maximum atomic E-state index is 13.2. The van der Waals surface area contributed by atoms with Gasteiger partial charge in [0.05, 0.1) is 0 Å². The normalized spacial score (nSPS) is 9.94. The highest BCUT2D eigenvalue weighted by molar-refractivity contribution is 6.32. The van der Waals surface area contributed by atoms with E-state index < -0.39 is 17.7 Å². The summed E-state index contributed by atoms with van der Waals surface area (Å²) in [5.74, 6) is -3.20. The van der Waals surface area contributed by atoms with Crippen molar-refractivity contribution in [1.82, 2.24) is 5.32 Å². The molecule has 1 rings (SSSR count). The summed E-state index contributed by atoms with van der Waals surface area (Å²) in [4.78, 5) is 20.9. The van der Waals surface area contributed by atoms with Gasteiger partial charge in [-0.05, 0) is 30.2 Å². The summed E-state index contributed by atoms with van der Waals surface area (Å²) in [5.41, 5.74) is 0.720. The van der Waals surface area contributed by atoms with E-state index in [1.807, 2.05) is 0 Å². The number of hydrogen-bond donors (Lipinski definition) is 2. The highest BCUT2D eigenvalue weighted by Crippen LogP contribution is 2.20. The van der Waals surface area contributed by atoms with Gasteiger partial charge < -0.3 is 10.4 Å². The summed E-state index contributed by atoms with van der Waals surface area (Å²) in [5, 5.41) is 10.7. The quantitative estimate of drug-likeness (QED) is 0.776. The van der Waals surface area contributed by atoms with Crippen LogP contribution < -0.4 is 5.32 Å². The minimum absolute atomic E-state index is 0.124. The van der Waals surface area contributed by atoms with Gasteiger partial charge in [-0.3, -0.25) is 4.79 Å². The van der Waals surface area contributed by atoms with Gasteiger partial charge in [0.15, 0.2) is 0 Å². The minimum Gasteiger partial charge on any atom is -0.474 e. The minimum atomic E-state index is -1.59. The monoisotopic (exact) mass is 245 g/mol. The molecular weight excluding hydrogens is 237 g/mol. The predicted octanol–water partition coefficient (Wildman–Crippen LogP) is 1.49. The number of benzene rings is 1. The predicted molar refractivity (Wildman–Crippen MR) is 55.6 cm³/mol. The van der Waals surface area contributed by atoms with Crippen LogP contribution in [0.5, 0.6) is 0 Å². The van der Waals surface area contributed by atoms with E-state index in [4.69, 9.17) is 16.7 Å². The second kappa shape index (κ2) is 4.94. The fourth-order valence-electron chi connectivity index (χ4n) is 1.07. The van der Waals surface area contributed by atoms with E-state index in [2.05, 4.69) is 5.32 Å². The Kier molecular flexibility index (Phi) is 3.84. The first-order chi connectivity index (χ1) is 7.41. The molecule has 0 saturated carbocycles. The van der Waals surface area contributed by atoms with Crippen LogP contribution in [0.25, 0.3) is 0 Å². The third-order valence-electron chi connectivity index (χ3n) is 1.96. The Labute approximate surface area is 96.0 Å². The maximum absolute atomic E-state index is 13.2. The molecule has 1 amide bonds. The lowest BCUT2D eigenvalue weighted by Gasteiger charge is -2.06. The van der Waals surface area contributed by atoms with Crippen LogP contribution in [-0.2, 0) is 16.1 Å². The molecule has 0 unspecified atom stereocenters. The van der Waals surface area contributed by atoms with Crippen molar-refractivity contribution in [2.45, 2.75) is 13.5 Å². The fourth-order valence-corrected chi connectivity index (χ4v) is 1.36. The van der Waals surface area contributed by atoms with Gasteiger partial charge in [-0.2, -0.15) is 0 Å². The van der Waals surface area contributed by atoms with Gasteiger partial charge in [-0.25, -0.2) is 9.18 Å². The van der Waals surface area contributed by atoms with E-state index >= 15 is 0 Å². The standard InChI is InChI=1S/C10H9ClFNO3/c1-5-2-7(11)6(3-8(5)12)4-13-9(14)10(15)16/h2-3H,4H2,1H3,(H,13,14)(H,15,16). The van der Waals surface area contributed by atoms with Crippen LogP contribution in [0.1, 0.15) is 11.1 Å². The molecule has 0 bridgehead atoms. The van der Waals surface area contributed by atoms with Crippen molar-refractivity contribution < 1.29 is 19.1 Å². The van der Waals surface area contributed by atoms with Crippen LogP contribution in [0.15, 0.2) is 12.1 Å². The van der Waals surface area contributed by atoms with E-state index in [0.29, 0.717) is 11.1 Å². The molecule has 0 aliphatic carbocycles. The van der Waals surface area contributed by atoms with E-state index in [1.54, 1.807) is 6.92 Å². The Morgan fingerprint density at radius 1 is 1.50 bits per heavy atom. The van der Waals surface area contributed by atoms with Crippen molar-refractivity contribution >= 4 is 23.5 Å². The molecular formula is C10H9ClFNO3. The largest absolute Gasteiger partial charge is 0.474 e. The zero-order valence-corrected chi connectivity index (χ0v) is 9.14. The molecule has 2 N–H and O–H groups in total. The summed E-state index contributed by atoms with van der Waals surface area (Å²) >= 11 is 5.80. The maximum Gasteiger partial charge on any atom is 0.394 e. The number of aliphatic carboxylic acids is 1. The number of amides is 1. The first-order valence-electron chi connectivity index (χ1n) is 4.37. The van der Waals surface area contributed by atoms with E-state index in [1.165, 1.54) is 12.1 Å².